The van der Waals surface area contributed by atoms with Gasteiger partial charge in [-0.15, -0.1) is 0 Å². The molecule has 0 nitrogen and oxygen atoms in total. The lowest BCUT2D eigenvalue weighted by Gasteiger charge is -2.15. The number of rotatable bonds is 6. The third kappa shape index (κ3) is 4.23. The molecule has 0 fully saturated rings. The van der Waals surface area contributed by atoms with E-state index < -0.39 is 17.5 Å². The Bertz CT molecular complexity index is 533. The van der Waals surface area contributed by atoms with Crippen LogP contribution < -0.4 is 0 Å². The second kappa shape index (κ2) is 7.48. The van der Waals surface area contributed by atoms with Crippen molar-refractivity contribution in [3.8, 4) is 0 Å². The molecule has 0 saturated heterocycles. The predicted molar refractivity (Wildman–Crippen MR) is 80.4 cm³/mol. The van der Waals surface area contributed by atoms with Crippen LogP contribution >= 0.6 is 0 Å². The minimum atomic E-state index is -1.40. The van der Waals surface area contributed by atoms with Crippen LogP contribution in [0, 0.1) is 17.5 Å². The maximum atomic E-state index is 13.3. The van der Waals surface area contributed by atoms with Crippen LogP contribution in [-0.4, -0.2) is 0 Å². The lowest BCUT2D eigenvalue weighted by atomic mass is 9.91. The third-order valence-corrected chi connectivity index (χ3v) is 3.94. The average molecular weight is 294 g/mol. The molecule has 0 radical (unpaired) electrons. The first-order valence-electron chi connectivity index (χ1n) is 7.65. The molecule has 0 saturated carbocycles. The Morgan fingerprint density at radius 1 is 0.905 bits per heavy atom. The second-order valence-corrected chi connectivity index (χ2v) is 5.58. The summed E-state index contributed by atoms with van der Waals surface area (Å²) in [6.07, 6.45) is 11.7. The molecule has 1 aromatic carbocycles. The first kappa shape index (κ1) is 15.9. The first-order valence-corrected chi connectivity index (χ1v) is 7.65. The van der Waals surface area contributed by atoms with Gasteiger partial charge in [0.05, 0.1) is 0 Å². The molecule has 0 aliphatic heterocycles. The number of hydrogen-bond acceptors (Lipinski definition) is 0. The molecule has 1 aromatic rings. The van der Waals surface area contributed by atoms with Crippen molar-refractivity contribution in [2.45, 2.75) is 51.9 Å². The minimum absolute atomic E-state index is 0.438. The number of halogens is 3. The van der Waals surface area contributed by atoms with E-state index >= 15 is 0 Å². The van der Waals surface area contributed by atoms with Gasteiger partial charge >= 0.3 is 0 Å². The maximum Gasteiger partial charge on any atom is 0.194 e. The molecule has 2 rings (SSSR count). The van der Waals surface area contributed by atoms with Crippen LogP contribution in [0.3, 0.4) is 0 Å². The van der Waals surface area contributed by atoms with Crippen molar-refractivity contribution < 1.29 is 13.2 Å². The molecule has 1 aliphatic carbocycles. The summed E-state index contributed by atoms with van der Waals surface area (Å²) in [6, 6.07) is 2.15. The van der Waals surface area contributed by atoms with Crippen molar-refractivity contribution in [2.75, 3.05) is 0 Å². The van der Waals surface area contributed by atoms with Crippen LogP contribution in [-0.2, 0) is 0 Å². The van der Waals surface area contributed by atoms with E-state index in [4.69, 9.17) is 0 Å². The minimum Gasteiger partial charge on any atom is -0.204 e. The smallest absolute Gasteiger partial charge is 0.194 e. The van der Waals surface area contributed by atoms with Gasteiger partial charge in [0.25, 0.3) is 0 Å². The molecule has 0 aromatic heterocycles. The highest BCUT2D eigenvalue weighted by Gasteiger charge is 2.14. The molecule has 0 unspecified atom stereocenters. The van der Waals surface area contributed by atoms with E-state index in [1.807, 2.05) is 12.2 Å². The van der Waals surface area contributed by atoms with Crippen molar-refractivity contribution in [1.82, 2.24) is 0 Å². The molecule has 21 heavy (non-hydrogen) atoms. The number of allylic oxidation sites excluding steroid dienone is 4. The number of unbranched alkanes of at least 4 members (excludes halogenated alkanes) is 3. The van der Waals surface area contributed by atoms with E-state index in [0.717, 1.165) is 37.0 Å². The third-order valence-electron chi connectivity index (χ3n) is 3.94. The summed E-state index contributed by atoms with van der Waals surface area (Å²) in [5.41, 5.74) is 2.69. The highest BCUT2D eigenvalue weighted by molar-refractivity contribution is 5.68. The van der Waals surface area contributed by atoms with Gasteiger partial charge in [-0.3, -0.25) is 0 Å². The Labute approximate surface area is 124 Å². The fourth-order valence-electron chi connectivity index (χ4n) is 2.65. The second-order valence-electron chi connectivity index (χ2n) is 5.58. The van der Waals surface area contributed by atoms with Gasteiger partial charge in [0, 0.05) is 0 Å². The van der Waals surface area contributed by atoms with Crippen LogP contribution in [0.15, 0.2) is 29.9 Å². The van der Waals surface area contributed by atoms with Crippen LogP contribution in [0.2, 0.25) is 0 Å². The molecule has 0 atom stereocenters. The predicted octanol–water partition coefficient (Wildman–Crippen LogP) is 6.18. The standard InChI is InChI=1S/C18H21F3/c1-2-3-4-5-6-13-7-9-14(10-8-13)15-11-16(19)18(21)17(20)12-15/h7,9,11-12H,2-6,8,10H2,1H3. The number of benzene rings is 1. The van der Waals surface area contributed by atoms with Gasteiger partial charge in [-0.05, 0) is 49.0 Å². The summed E-state index contributed by atoms with van der Waals surface area (Å²) in [4.78, 5) is 0. The zero-order valence-electron chi connectivity index (χ0n) is 12.4. The van der Waals surface area contributed by atoms with E-state index in [1.54, 1.807) is 0 Å². The maximum absolute atomic E-state index is 13.3. The SMILES string of the molecule is CCCCCCC1=CC=C(c2cc(F)c(F)c(F)c2)CC1. The van der Waals surface area contributed by atoms with Gasteiger partial charge in [0.15, 0.2) is 17.5 Å². The van der Waals surface area contributed by atoms with Gasteiger partial charge in [0.2, 0.25) is 0 Å². The van der Waals surface area contributed by atoms with Crippen LogP contribution in [0.4, 0.5) is 13.2 Å². The van der Waals surface area contributed by atoms with Crippen molar-refractivity contribution >= 4 is 5.57 Å². The molecular weight excluding hydrogens is 273 g/mol. The summed E-state index contributed by atoms with van der Waals surface area (Å²) >= 11 is 0. The van der Waals surface area contributed by atoms with Crippen molar-refractivity contribution in [3.63, 3.8) is 0 Å². The summed E-state index contributed by atoms with van der Waals surface area (Å²) in [5.74, 6) is -3.65. The number of hydrogen-bond donors (Lipinski definition) is 0. The van der Waals surface area contributed by atoms with Gasteiger partial charge in [-0.1, -0.05) is 43.9 Å². The molecule has 0 bridgehead atoms. The fourth-order valence-corrected chi connectivity index (χ4v) is 2.65. The molecule has 1 aliphatic rings. The normalized spacial score (nSPS) is 14.9. The molecular formula is C18H21F3. The molecule has 0 heterocycles. The van der Waals surface area contributed by atoms with E-state index in [2.05, 4.69) is 6.92 Å². The first-order chi connectivity index (χ1) is 10.1. The molecule has 114 valence electrons. The zero-order valence-corrected chi connectivity index (χ0v) is 12.4. The fraction of sp³-hybridized carbons (Fsp3) is 0.444. The summed E-state index contributed by atoms with van der Waals surface area (Å²) in [5, 5.41) is 0. The van der Waals surface area contributed by atoms with E-state index in [-0.39, 0.29) is 0 Å². The summed E-state index contributed by atoms with van der Waals surface area (Å²) < 4.78 is 39.5. The van der Waals surface area contributed by atoms with Gasteiger partial charge in [0.1, 0.15) is 0 Å². The van der Waals surface area contributed by atoms with Crippen LogP contribution in [0.25, 0.3) is 5.57 Å². The summed E-state index contributed by atoms with van der Waals surface area (Å²) in [7, 11) is 0. The average Bonchev–Trinajstić information content (AvgIpc) is 2.49. The molecule has 3 heteroatoms. The largest absolute Gasteiger partial charge is 0.204 e. The molecule has 0 spiro atoms. The van der Waals surface area contributed by atoms with Crippen molar-refractivity contribution in [1.29, 1.82) is 0 Å². The Hall–Kier alpha value is -1.51. The van der Waals surface area contributed by atoms with Gasteiger partial charge < -0.3 is 0 Å². The van der Waals surface area contributed by atoms with Crippen LogP contribution in [0.1, 0.15) is 57.4 Å². The molecule has 0 amide bonds. The van der Waals surface area contributed by atoms with Gasteiger partial charge in [-0.25, -0.2) is 13.2 Å². The Morgan fingerprint density at radius 3 is 2.19 bits per heavy atom. The Balaban J connectivity index is 2.03. The Kier molecular flexibility index (Phi) is 5.66. The molecule has 0 N–H and O–H groups in total. The van der Waals surface area contributed by atoms with Crippen LogP contribution in [0.5, 0.6) is 0 Å². The van der Waals surface area contributed by atoms with E-state index in [1.165, 1.54) is 31.3 Å². The quantitative estimate of drug-likeness (QED) is 0.434. The topological polar surface area (TPSA) is 0 Å². The lowest BCUT2D eigenvalue weighted by Crippen LogP contribution is -1.98. The van der Waals surface area contributed by atoms with Gasteiger partial charge in [-0.2, -0.15) is 0 Å². The lowest BCUT2D eigenvalue weighted by molar-refractivity contribution is 0.446. The Morgan fingerprint density at radius 2 is 1.62 bits per heavy atom. The zero-order chi connectivity index (χ0) is 15.2. The van der Waals surface area contributed by atoms with Crippen molar-refractivity contribution in [3.05, 3.63) is 52.9 Å². The summed E-state index contributed by atoms with van der Waals surface area (Å²) in [6.45, 7) is 2.19. The van der Waals surface area contributed by atoms with E-state index in [9.17, 15) is 13.2 Å². The monoisotopic (exact) mass is 294 g/mol. The highest BCUT2D eigenvalue weighted by Crippen LogP contribution is 2.30. The van der Waals surface area contributed by atoms with Crippen molar-refractivity contribution in [2.24, 2.45) is 0 Å². The van der Waals surface area contributed by atoms with E-state index in [0.29, 0.717) is 5.56 Å². The highest BCUT2D eigenvalue weighted by atomic mass is 19.2.